The molecular weight excluding hydrogens is 356 g/mol. The van der Waals surface area contributed by atoms with Gasteiger partial charge in [-0.2, -0.15) is 0 Å². The number of anilines is 1. The number of urea groups is 1. The van der Waals surface area contributed by atoms with E-state index in [9.17, 15) is 4.79 Å². The summed E-state index contributed by atoms with van der Waals surface area (Å²) in [6.07, 6.45) is 0. The normalized spacial score (nSPS) is 10.4. The van der Waals surface area contributed by atoms with Crippen LogP contribution in [0.15, 0.2) is 53.0 Å². The van der Waals surface area contributed by atoms with Crippen LogP contribution in [0.4, 0.5) is 10.5 Å². The zero-order valence-electron chi connectivity index (χ0n) is 13.3. The molecule has 0 fully saturated rings. The van der Waals surface area contributed by atoms with Crippen LogP contribution >= 0.6 is 15.9 Å². The van der Waals surface area contributed by atoms with E-state index >= 15 is 0 Å². The van der Waals surface area contributed by atoms with Crippen molar-refractivity contribution in [3.8, 4) is 5.75 Å². The van der Waals surface area contributed by atoms with Crippen LogP contribution in [0, 0.1) is 0 Å². The first-order valence-corrected chi connectivity index (χ1v) is 8.37. The molecule has 2 N–H and O–H groups in total. The number of rotatable bonds is 6. The van der Waals surface area contributed by atoms with Crippen LogP contribution in [0.5, 0.6) is 5.75 Å². The number of amides is 2. The Morgan fingerprint density at radius 2 is 1.91 bits per heavy atom. The Hall–Kier alpha value is -2.01. The lowest BCUT2D eigenvalue weighted by molar-refractivity contribution is 0.247. The Morgan fingerprint density at radius 3 is 2.57 bits per heavy atom. The van der Waals surface area contributed by atoms with Crippen molar-refractivity contribution in [2.24, 2.45) is 0 Å². The molecule has 5 heteroatoms. The fourth-order valence-electron chi connectivity index (χ4n) is 2.02. The van der Waals surface area contributed by atoms with Gasteiger partial charge in [-0.3, -0.25) is 0 Å². The summed E-state index contributed by atoms with van der Waals surface area (Å²) in [4.78, 5) is 11.8. The highest BCUT2D eigenvalue weighted by molar-refractivity contribution is 9.10. The summed E-state index contributed by atoms with van der Waals surface area (Å²) in [7, 11) is 0. The second-order valence-corrected chi connectivity index (χ2v) is 6.38. The summed E-state index contributed by atoms with van der Waals surface area (Å²) in [5, 5.41) is 5.57. The SMILES string of the molecule is CC(C)c1ccc(NC(=O)NCCOc2cccc(Br)c2)cc1. The summed E-state index contributed by atoms with van der Waals surface area (Å²) in [6, 6.07) is 15.2. The molecule has 0 aromatic heterocycles. The summed E-state index contributed by atoms with van der Waals surface area (Å²) in [6.45, 7) is 5.12. The molecule has 2 rings (SSSR count). The Balaban J connectivity index is 1.70. The van der Waals surface area contributed by atoms with Crippen molar-refractivity contribution in [3.63, 3.8) is 0 Å². The van der Waals surface area contributed by atoms with Gasteiger partial charge in [0.15, 0.2) is 0 Å². The van der Waals surface area contributed by atoms with Crippen LogP contribution in [0.25, 0.3) is 0 Å². The number of nitrogens with one attached hydrogen (secondary N) is 2. The molecule has 122 valence electrons. The Kier molecular flexibility index (Phi) is 6.47. The quantitative estimate of drug-likeness (QED) is 0.713. The van der Waals surface area contributed by atoms with Crippen LogP contribution in [-0.2, 0) is 0 Å². The molecule has 0 bridgehead atoms. The molecule has 4 nitrogen and oxygen atoms in total. The van der Waals surface area contributed by atoms with Crippen LogP contribution in [0.1, 0.15) is 25.3 Å². The molecular formula is C18H21BrN2O2. The molecule has 0 radical (unpaired) electrons. The smallest absolute Gasteiger partial charge is 0.319 e. The standard InChI is InChI=1S/C18H21BrN2O2/c1-13(2)14-6-8-16(9-7-14)21-18(22)20-10-11-23-17-5-3-4-15(19)12-17/h3-9,12-13H,10-11H2,1-2H3,(H2,20,21,22). The van der Waals surface area contributed by atoms with Crippen molar-refractivity contribution >= 4 is 27.6 Å². The number of carbonyl (C=O) groups excluding carboxylic acids is 1. The van der Waals surface area contributed by atoms with Gasteiger partial charge in [-0.05, 0) is 41.8 Å². The fourth-order valence-corrected chi connectivity index (χ4v) is 2.40. The third kappa shape index (κ3) is 5.94. The minimum absolute atomic E-state index is 0.236. The molecule has 0 saturated carbocycles. The van der Waals surface area contributed by atoms with Gasteiger partial charge in [-0.15, -0.1) is 0 Å². The lowest BCUT2D eigenvalue weighted by atomic mass is 10.0. The number of halogens is 1. The molecule has 2 aromatic rings. The van der Waals surface area contributed by atoms with E-state index in [0.29, 0.717) is 19.1 Å². The first-order chi connectivity index (χ1) is 11.0. The van der Waals surface area contributed by atoms with Gasteiger partial charge in [0.05, 0.1) is 6.54 Å². The van der Waals surface area contributed by atoms with E-state index in [-0.39, 0.29) is 6.03 Å². The maximum atomic E-state index is 11.8. The van der Waals surface area contributed by atoms with Crippen molar-refractivity contribution in [2.75, 3.05) is 18.5 Å². The molecule has 2 amide bonds. The van der Waals surface area contributed by atoms with Gasteiger partial charge in [0.1, 0.15) is 12.4 Å². The van der Waals surface area contributed by atoms with E-state index in [0.717, 1.165) is 15.9 Å². The van der Waals surface area contributed by atoms with E-state index in [2.05, 4.69) is 40.4 Å². The zero-order chi connectivity index (χ0) is 16.7. The van der Waals surface area contributed by atoms with E-state index in [1.165, 1.54) is 5.56 Å². The van der Waals surface area contributed by atoms with Gasteiger partial charge in [0, 0.05) is 10.2 Å². The monoisotopic (exact) mass is 376 g/mol. The van der Waals surface area contributed by atoms with E-state index in [4.69, 9.17) is 4.74 Å². The van der Waals surface area contributed by atoms with Crippen molar-refractivity contribution in [1.29, 1.82) is 0 Å². The minimum atomic E-state index is -0.236. The maximum Gasteiger partial charge on any atom is 0.319 e. The predicted molar refractivity (Wildman–Crippen MR) is 97.2 cm³/mol. The predicted octanol–water partition coefficient (Wildman–Crippen LogP) is 4.77. The molecule has 23 heavy (non-hydrogen) atoms. The van der Waals surface area contributed by atoms with Gasteiger partial charge >= 0.3 is 6.03 Å². The molecule has 0 spiro atoms. The first kappa shape index (κ1) is 17.3. The van der Waals surface area contributed by atoms with Crippen LogP contribution < -0.4 is 15.4 Å². The van der Waals surface area contributed by atoms with Gasteiger partial charge in [0.2, 0.25) is 0 Å². The summed E-state index contributed by atoms with van der Waals surface area (Å²) in [5.41, 5.74) is 2.03. The van der Waals surface area contributed by atoms with Crippen molar-refractivity contribution in [2.45, 2.75) is 19.8 Å². The lowest BCUT2D eigenvalue weighted by Crippen LogP contribution is -2.32. The third-order valence-electron chi connectivity index (χ3n) is 3.29. The van der Waals surface area contributed by atoms with Gasteiger partial charge < -0.3 is 15.4 Å². The molecule has 2 aromatic carbocycles. The number of hydrogen-bond donors (Lipinski definition) is 2. The maximum absolute atomic E-state index is 11.8. The molecule has 0 heterocycles. The highest BCUT2D eigenvalue weighted by Gasteiger charge is 2.03. The molecule has 0 aliphatic carbocycles. The highest BCUT2D eigenvalue weighted by atomic mass is 79.9. The zero-order valence-corrected chi connectivity index (χ0v) is 14.9. The minimum Gasteiger partial charge on any atom is -0.492 e. The Bertz CT molecular complexity index is 642. The molecule has 0 aliphatic rings. The fraction of sp³-hybridized carbons (Fsp3) is 0.278. The van der Waals surface area contributed by atoms with Crippen LogP contribution in [0.2, 0.25) is 0 Å². The van der Waals surface area contributed by atoms with Crippen LogP contribution in [-0.4, -0.2) is 19.2 Å². The number of benzene rings is 2. The average Bonchev–Trinajstić information content (AvgIpc) is 2.52. The van der Waals surface area contributed by atoms with Gasteiger partial charge in [-0.1, -0.05) is 48.0 Å². The van der Waals surface area contributed by atoms with Crippen LogP contribution in [0.3, 0.4) is 0 Å². The number of carbonyl (C=O) groups is 1. The molecule has 0 saturated heterocycles. The van der Waals surface area contributed by atoms with Crippen molar-refractivity contribution in [1.82, 2.24) is 5.32 Å². The summed E-state index contributed by atoms with van der Waals surface area (Å²) >= 11 is 3.39. The Morgan fingerprint density at radius 1 is 1.17 bits per heavy atom. The summed E-state index contributed by atoms with van der Waals surface area (Å²) in [5.74, 6) is 1.25. The Labute approximate surface area is 145 Å². The van der Waals surface area contributed by atoms with Crippen molar-refractivity contribution in [3.05, 3.63) is 58.6 Å². The average molecular weight is 377 g/mol. The number of ether oxygens (including phenoxy) is 1. The topological polar surface area (TPSA) is 50.4 Å². The van der Waals surface area contributed by atoms with E-state index < -0.39 is 0 Å². The molecule has 0 unspecified atom stereocenters. The summed E-state index contributed by atoms with van der Waals surface area (Å²) < 4.78 is 6.52. The third-order valence-corrected chi connectivity index (χ3v) is 3.78. The van der Waals surface area contributed by atoms with E-state index in [1.807, 2.05) is 48.5 Å². The lowest BCUT2D eigenvalue weighted by Gasteiger charge is -2.10. The molecule has 0 atom stereocenters. The van der Waals surface area contributed by atoms with Crippen molar-refractivity contribution < 1.29 is 9.53 Å². The van der Waals surface area contributed by atoms with E-state index in [1.54, 1.807) is 0 Å². The van der Waals surface area contributed by atoms with Gasteiger partial charge in [-0.25, -0.2) is 4.79 Å². The number of hydrogen-bond acceptors (Lipinski definition) is 2. The van der Waals surface area contributed by atoms with Gasteiger partial charge in [0.25, 0.3) is 0 Å². The largest absolute Gasteiger partial charge is 0.492 e. The highest BCUT2D eigenvalue weighted by Crippen LogP contribution is 2.18. The molecule has 0 aliphatic heterocycles. The first-order valence-electron chi connectivity index (χ1n) is 7.58. The second kappa shape index (κ2) is 8.58. The second-order valence-electron chi connectivity index (χ2n) is 5.46.